The number of phenols is 1. The van der Waals surface area contributed by atoms with Crippen LogP contribution in [-0.2, 0) is 30.4 Å². The molecule has 0 radical (unpaired) electrons. The van der Waals surface area contributed by atoms with Gasteiger partial charge in [0.1, 0.15) is 23.9 Å². The highest BCUT2D eigenvalue weighted by Gasteiger charge is 2.33. The van der Waals surface area contributed by atoms with Crippen LogP contribution >= 0.6 is 0 Å². The SMILES string of the molecule is CCC(C)C(NC(=O)C(CCC(=O)O)NC(=O)C(Cc1ccc(O)cc1)NC(=O)C1CCCN1)C(=O)O. The molecule has 7 N–H and O–H groups in total. The lowest BCUT2D eigenvalue weighted by Gasteiger charge is -2.26. The summed E-state index contributed by atoms with van der Waals surface area (Å²) in [5.41, 5.74) is 0.631. The van der Waals surface area contributed by atoms with Gasteiger partial charge in [-0.2, -0.15) is 0 Å². The summed E-state index contributed by atoms with van der Waals surface area (Å²) in [5.74, 6) is -4.74. The number of phenolic OH excluding ortho intramolecular Hbond substituents is 1. The molecule has 0 spiro atoms. The molecule has 2 rings (SSSR count). The molecule has 1 fully saturated rings. The van der Waals surface area contributed by atoms with Crippen LogP contribution < -0.4 is 21.3 Å². The summed E-state index contributed by atoms with van der Waals surface area (Å²) >= 11 is 0. The van der Waals surface area contributed by atoms with E-state index >= 15 is 0 Å². The molecule has 1 aliphatic rings. The van der Waals surface area contributed by atoms with Crippen LogP contribution in [0.25, 0.3) is 0 Å². The third kappa shape index (κ3) is 9.37. The summed E-state index contributed by atoms with van der Waals surface area (Å²) in [6, 6.07) is 1.93. The summed E-state index contributed by atoms with van der Waals surface area (Å²) < 4.78 is 0. The molecule has 5 atom stereocenters. The number of hydrogen-bond donors (Lipinski definition) is 7. The van der Waals surface area contributed by atoms with Crippen molar-refractivity contribution in [3.8, 4) is 5.75 Å². The Morgan fingerprint density at radius 2 is 1.65 bits per heavy atom. The van der Waals surface area contributed by atoms with E-state index in [1.807, 2.05) is 0 Å². The third-order valence-corrected chi connectivity index (χ3v) is 6.44. The Morgan fingerprint density at radius 1 is 1.00 bits per heavy atom. The third-order valence-electron chi connectivity index (χ3n) is 6.44. The number of aromatic hydroxyl groups is 1. The predicted octanol–water partition coefficient (Wildman–Crippen LogP) is 0.137. The lowest BCUT2D eigenvalue weighted by atomic mass is 9.98. The summed E-state index contributed by atoms with van der Waals surface area (Å²) in [6.45, 7) is 4.10. The second-order valence-electron chi connectivity index (χ2n) is 9.28. The number of benzene rings is 1. The van der Waals surface area contributed by atoms with Crippen LogP contribution in [-0.4, -0.2) is 75.7 Å². The maximum atomic E-state index is 13.3. The van der Waals surface area contributed by atoms with Gasteiger partial charge in [-0.25, -0.2) is 4.79 Å². The molecule has 5 unspecified atom stereocenters. The van der Waals surface area contributed by atoms with Gasteiger partial charge in [0.2, 0.25) is 17.7 Å². The van der Waals surface area contributed by atoms with Crippen LogP contribution in [0.15, 0.2) is 24.3 Å². The highest BCUT2D eigenvalue weighted by Crippen LogP contribution is 2.13. The first-order chi connectivity index (χ1) is 17.5. The first-order valence-corrected chi connectivity index (χ1v) is 12.4. The molecular weight excluding hydrogens is 484 g/mol. The van der Waals surface area contributed by atoms with Crippen LogP contribution in [0.4, 0.5) is 0 Å². The van der Waals surface area contributed by atoms with Crippen molar-refractivity contribution in [2.75, 3.05) is 6.54 Å². The molecule has 0 aliphatic carbocycles. The van der Waals surface area contributed by atoms with E-state index < -0.39 is 60.3 Å². The van der Waals surface area contributed by atoms with Gasteiger partial charge in [-0.05, 0) is 49.4 Å². The molecule has 3 amide bonds. The van der Waals surface area contributed by atoms with Gasteiger partial charge in [-0.3, -0.25) is 19.2 Å². The predicted molar refractivity (Wildman–Crippen MR) is 133 cm³/mol. The number of aliphatic carboxylic acids is 2. The monoisotopic (exact) mass is 520 g/mol. The van der Waals surface area contributed by atoms with Crippen molar-refractivity contribution in [3.05, 3.63) is 29.8 Å². The van der Waals surface area contributed by atoms with E-state index in [1.54, 1.807) is 26.0 Å². The van der Waals surface area contributed by atoms with E-state index in [4.69, 9.17) is 5.11 Å². The number of carboxylic acid groups (broad SMARTS) is 2. The number of nitrogens with one attached hydrogen (secondary N) is 4. The molecule has 1 aliphatic heterocycles. The Kier molecular flexibility index (Phi) is 11.3. The smallest absolute Gasteiger partial charge is 0.326 e. The highest BCUT2D eigenvalue weighted by molar-refractivity contribution is 5.94. The van der Waals surface area contributed by atoms with Crippen LogP contribution in [0.2, 0.25) is 0 Å². The van der Waals surface area contributed by atoms with E-state index in [2.05, 4.69) is 21.3 Å². The van der Waals surface area contributed by atoms with Gasteiger partial charge in [0.05, 0.1) is 6.04 Å². The van der Waals surface area contributed by atoms with Crippen molar-refractivity contribution in [1.82, 2.24) is 21.3 Å². The van der Waals surface area contributed by atoms with E-state index in [9.17, 15) is 34.2 Å². The van der Waals surface area contributed by atoms with Crippen molar-refractivity contribution in [1.29, 1.82) is 0 Å². The zero-order valence-corrected chi connectivity index (χ0v) is 21.0. The maximum Gasteiger partial charge on any atom is 0.326 e. The number of carbonyl (C=O) groups excluding carboxylic acids is 3. The minimum absolute atomic E-state index is 0.0311. The van der Waals surface area contributed by atoms with Crippen molar-refractivity contribution < 1.29 is 39.3 Å². The molecule has 1 aromatic carbocycles. The maximum absolute atomic E-state index is 13.3. The zero-order chi connectivity index (χ0) is 27.5. The van der Waals surface area contributed by atoms with Crippen molar-refractivity contribution in [2.45, 2.75) is 76.5 Å². The number of hydrogen-bond acceptors (Lipinski definition) is 7. The lowest BCUT2D eigenvalue weighted by Crippen LogP contribution is -2.58. The standard InChI is InChI=1S/C25H36N4O8/c1-3-14(2)21(25(36)37)29-23(34)18(10-11-20(31)32)27-24(35)19(13-15-6-8-16(30)9-7-15)28-22(33)17-5-4-12-26-17/h6-9,14,17-19,21,26,30H,3-5,10-13H2,1-2H3,(H,27,35)(H,28,33)(H,29,34)(H,31,32)(H,36,37). The molecule has 12 nitrogen and oxygen atoms in total. The fourth-order valence-corrected chi connectivity index (χ4v) is 4.00. The van der Waals surface area contributed by atoms with E-state index in [0.717, 1.165) is 6.42 Å². The number of carboxylic acids is 2. The molecule has 0 aromatic heterocycles. The van der Waals surface area contributed by atoms with Crippen LogP contribution in [0.3, 0.4) is 0 Å². The average molecular weight is 521 g/mol. The topological polar surface area (TPSA) is 194 Å². The van der Waals surface area contributed by atoms with Crippen molar-refractivity contribution in [2.24, 2.45) is 5.92 Å². The van der Waals surface area contributed by atoms with Gasteiger partial charge < -0.3 is 36.6 Å². The van der Waals surface area contributed by atoms with Crippen LogP contribution in [0.1, 0.15) is 51.5 Å². The average Bonchev–Trinajstić information content (AvgIpc) is 3.40. The Labute approximate surface area is 215 Å². The first-order valence-electron chi connectivity index (χ1n) is 12.4. The van der Waals surface area contributed by atoms with Gasteiger partial charge in [0.15, 0.2) is 0 Å². The molecule has 1 saturated heterocycles. The molecular formula is C25H36N4O8. The van der Waals surface area contributed by atoms with Crippen LogP contribution in [0, 0.1) is 5.92 Å². The molecule has 204 valence electrons. The Morgan fingerprint density at radius 3 is 2.19 bits per heavy atom. The molecule has 0 bridgehead atoms. The number of rotatable bonds is 14. The minimum atomic E-state index is -1.33. The second-order valence-corrected chi connectivity index (χ2v) is 9.28. The van der Waals surface area contributed by atoms with Crippen molar-refractivity contribution in [3.63, 3.8) is 0 Å². The van der Waals surface area contributed by atoms with Gasteiger partial charge in [0, 0.05) is 12.8 Å². The molecule has 37 heavy (non-hydrogen) atoms. The summed E-state index contributed by atoms with van der Waals surface area (Å²) in [5, 5.41) is 38.8. The summed E-state index contributed by atoms with van der Waals surface area (Å²) in [6.07, 6.45) is 1.21. The lowest BCUT2D eigenvalue weighted by molar-refractivity contribution is -0.144. The molecule has 12 heteroatoms. The number of carbonyl (C=O) groups is 5. The Hall–Kier alpha value is -3.67. The van der Waals surface area contributed by atoms with Gasteiger partial charge >= 0.3 is 11.9 Å². The first kappa shape index (κ1) is 29.6. The summed E-state index contributed by atoms with van der Waals surface area (Å²) in [4.78, 5) is 61.8. The molecule has 1 aromatic rings. The minimum Gasteiger partial charge on any atom is -0.508 e. The quantitative estimate of drug-likeness (QED) is 0.178. The van der Waals surface area contributed by atoms with Crippen LogP contribution in [0.5, 0.6) is 5.75 Å². The van der Waals surface area contributed by atoms with Gasteiger partial charge in [0.25, 0.3) is 0 Å². The number of amides is 3. The zero-order valence-electron chi connectivity index (χ0n) is 21.0. The fourth-order valence-electron chi connectivity index (χ4n) is 4.00. The van der Waals surface area contributed by atoms with Crippen molar-refractivity contribution >= 4 is 29.7 Å². The Balaban J connectivity index is 2.23. The highest BCUT2D eigenvalue weighted by atomic mass is 16.4. The molecule has 1 heterocycles. The normalized spacial score (nSPS) is 18.2. The second kappa shape index (κ2) is 14.2. The molecule has 0 saturated carbocycles. The van der Waals surface area contributed by atoms with E-state index in [0.29, 0.717) is 24.9 Å². The Bertz CT molecular complexity index is 962. The van der Waals surface area contributed by atoms with Gasteiger partial charge in [-0.1, -0.05) is 32.4 Å². The van der Waals surface area contributed by atoms with E-state index in [1.165, 1.54) is 12.1 Å². The summed E-state index contributed by atoms with van der Waals surface area (Å²) in [7, 11) is 0. The van der Waals surface area contributed by atoms with E-state index in [-0.39, 0.29) is 24.5 Å². The fraction of sp³-hybridized carbons (Fsp3) is 0.560. The largest absolute Gasteiger partial charge is 0.508 e. The van der Waals surface area contributed by atoms with Gasteiger partial charge in [-0.15, -0.1) is 0 Å².